The van der Waals surface area contributed by atoms with Gasteiger partial charge in [-0.05, 0) is 30.7 Å². The summed E-state index contributed by atoms with van der Waals surface area (Å²) in [6.45, 7) is 2.59. The number of ether oxygens (including phenoxy) is 2. The van der Waals surface area contributed by atoms with Gasteiger partial charge in [-0.1, -0.05) is 12.1 Å². The maximum absolute atomic E-state index is 11.4. The highest BCUT2D eigenvalue weighted by atomic mass is 16.5. The van der Waals surface area contributed by atoms with E-state index in [0.29, 0.717) is 11.3 Å². The SMILES string of the molecule is COC(=O)/C(=C\c1ccc(OC(C)=O)cc1)C(C)=O. The van der Waals surface area contributed by atoms with Gasteiger partial charge in [-0.25, -0.2) is 4.79 Å². The minimum absolute atomic E-state index is 0.0391. The molecule has 0 amide bonds. The van der Waals surface area contributed by atoms with Crippen LogP contribution in [0.1, 0.15) is 19.4 Å². The molecule has 0 aliphatic carbocycles. The highest BCUT2D eigenvalue weighted by molar-refractivity contribution is 6.19. The molecule has 0 aliphatic heterocycles. The number of esters is 2. The lowest BCUT2D eigenvalue weighted by atomic mass is 10.1. The molecule has 0 unspecified atom stereocenters. The van der Waals surface area contributed by atoms with Crippen LogP contribution in [0.5, 0.6) is 5.75 Å². The standard InChI is InChI=1S/C14H14O5/c1-9(15)13(14(17)18-3)8-11-4-6-12(7-5-11)19-10(2)16/h4-8H,1-3H3/b13-8-. The smallest absolute Gasteiger partial charge is 0.341 e. The van der Waals surface area contributed by atoms with E-state index in [1.807, 2.05) is 0 Å². The summed E-state index contributed by atoms with van der Waals surface area (Å²) >= 11 is 0. The number of methoxy groups -OCH3 is 1. The Balaban J connectivity index is 2.99. The van der Waals surface area contributed by atoms with Crippen LogP contribution in [0.2, 0.25) is 0 Å². The number of Topliss-reactive ketones (excluding diaryl/α,β-unsaturated/α-hetero) is 1. The molecule has 0 bridgehead atoms. The van der Waals surface area contributed by atoms with Crippen LogP contribution in [0.15, 0.2) is 29.8 Å². The lowest BCUT2D eigenvalue weighted by molar-refractivity contribution is -0.137. The molecule has 5 nitrogen and oxygen atoms in total. The summed E-state index contributed by atoms with van der Waals surface area (Å²) in [4.78, 5) is 33.5. The zero-order chi connectivity index (χ0) is 14.4. The fraction of sp³-hybridized carbons (Fsp3) is 0.214. The summed E-state index contributed by atoms with van der Waals surface area (Å²) in [7, 11) is 1.21. The normalized spacial score (nSPS) is 10.8. The Hall–Kier alpha value is -2.43. The van der Waals surface area contributed by atoms with Crippen molar-refractivity contribution < 1.29 is 23.9 Å². The minimum Gasteiger partial charge on any atom is -0.465 e. The Labute approximate surface area is 110 Å². The number of hydrogen-bond donors (Lipinski definition) is 0. The van der Waals surface area contributed by atoms with Crippen molar-refractivity contribution in [1.29, 1.82) is 0 Å². The van der Waals surface area contributed by atoms with Gasteiger partial charge in [0.15, 0.2) is 5.78 Å². The molecule has 0 fully saturated rings. The van der Waals surface area contributed by atoms with Crippen molar-refractivity contribution in [1.82, 2.24) is 0 Å². The lowest BCUT2D eigenvalue weighted by Gasteiger charge is -2.03. The molecule has 19 heavy (non-hydrogen) atoms. The Morgan fingerprint density at radius 2 is 1.63 bits per heavy atom. The third kappa shape index (κ3) is 4.39. The van der Waals surface area contributed by atoms with Crippen molar-refractivity contribution in [2.45, 2.75) is 13.8 Å². The molecule has 0 aliphatic rings. The van der Waals surface area contributed by atoms with E-state index >= 15 is 0 Å². The monoisotopic (exact) mass is 262 g/mol. The molecule has 0 spiro atoms. The minimum atomic E-state index is -0.684. The second kappa shape index (κ2) is 6.49. The highest BCUT2D eigenvalue weighted by Gasteiger charge is 2.14. The van der Waals surface area contributed by atoms with Gasteiger partial charge in [-0.15, -0.1) is 0 Å². The predicted molar refractivity (Wildman–Crippen MR) is 68.4 cm³/mol. The zero-order valence-electron chi connectivity index (χ0n) is 10.9. The first-order valence-corrected chi connectivity index (χ1v) is 5.53. The summed E-state index contributed by atoms with van der Waals surface area (Å²) in [6.07, 6.45) is 1.42. The second-order valence-electron chi connectivity index (χ2n) is 3.77. The van der Waals surface area contributed by atoms with Gasteiger partial charge >= 0.3 is 11.9 Å². The van der Waals surface area contributed by atoms with Crippen LogP contribution in [0, 0.1) is 0 Å². The molecular formula is C14H14O5. The summed E-state index contributed by atoms with van der Waals surface area (Å²) in [5.41, 5.74) is 0.592. The molecule has 5 heteroatoms. The fourth-order valence-corrected chi connectivity index (χ4v) is 1.38. The van der Waals surface area contributed by atoms with Crippen molar-refractivity contribution in [3.63, 3.8) is 0 Å². The van der Waals surface area contributed by atoms with Crippen molar-refractivity contribution >= 4 is 23.8 Å². The number of carbonyl (C=O) groups is 3. The molecular weight excluding hydrogens is 248 g/mol. The Morgan fingerprint density at radius 3 is 2.05 bits per heavy atom. The van der Waals surface area contributed by atoms with Crippen molar-refractivity contribution in [3.8, 4) is 5.75 Å². The van der Waals surface area contributed by atoms with Crippen LogP contribution in [0.3, 0.4) is 0 Å². The molecule has 1 aromatic carbocycles. The first-order chi connectivity index (χ1) is 8.93. The maximum Gasteiger partial charge on any atom is 0.341 e. The van der Waals surface area contributed by atoms with Gasteiger partial charge in [0.05, 0.1) is 7.11 Å². The molecule has 1 aromatic rings. The average Bonchev–Trinajstić information content (AvgIpc) is 2.36. The molecule has 0 heterocycles. The molecule has 1 rings (SSSR count). The number of rotatable bonds is 4. The van der Waals surface area contributed by atoms with E-state index in [9.17, 15) is 14.4 Å². The van der Waals surface area contributed by atoms with Gasteiger partial charge in [-0.2, -0.15) is 0 Å². The molecule has 0 saturated heterocycles. The number of benzene rings is 1. The van der Waals surface area contributed by atoms with Crippen LogP contribution in [-0.2, 0) is 19.1 Å². The lowest BCUT2D eigenvalue weighted by Crippen LogP contribution is -2.11. The van der Waals surface area contributed by atoms with Crippen LogP contribution in [0.25, 0.3) is 6.08 Å². The van der Waals surface area contributed by atoms with Crippen LogP contribution in [-0.4, -0.2) is 24.8 Å². The first-order valence-electron chi connectivity index (χ1n) is 5.53. The van der Waals surface area contributed by atoms with E-state index in [0.717, 1.165) is 0 Å². The largest absolute Gasteiger partial charge is 0.465 e. The van der Waals surface area contributed by atoms with Crippen LogP contribution in [0.4, 0.5) is 0 Å². The van der Waals surface area contributed by atoms with Crippen molar-refractivity contribution in [2.75, 3.05) is 7.11 Å². The quantitative estimate of drug-likeness (QED) is 0.272. The highest BCUT2D eigenvalue weighted by Crippen LogP contribution is 2.15. The van der Waals surface area contributed by atoms with Crippen molar-refractivity contribution in [3.05, 3.63) is 35.4 Å². The van der Waals surface area contributed by atoms with Gasteiger partial charge in [0.25, 0.3) is 0 Å². The average molecular weight is 262 g/mol. The van der Waals surface area contributed by atoms with Crippen molar-refractivity contribution in [2.24, 2.45) is 0 Å². The summed E-state index contributed by atoms with van der Waals surface area (Å²) < 4.78 is 9.40. The molecule has 0 aromatic heterocycles. The Bertz CT molecular complexity index is 525. The molecule has 0 saturated carbocycles. The molecule has 0 N–H and O–H groups in total. The van der Waals surface area contributed by atoms with Gasteiger partial charge in [0.2, 0.25) is 0 Å². The summed E-state index contributed by atoms with van der Waals surface area (Å²) in [5, 5.41) is 0. The van der Waals surface area contributed by atoms with E-state index in [4.69, 9.17) is 4.74 Å². The number of carbonyl (C=O) groups excluding carboxylic acids is 3. The van der Waals surface area contributed by atoms with E-state index < -0.39 is 11.9 Å². The second-order valence-corrected chi connectivity index (χ2v) is 3.77. The predicted octanol–water partition coefficient (Wildman–Crippen LogP) is 1.76. The Kier molecular flexibility index (Phi) is 5.00. The van der Waals surface area contributed by atoms with E-state index in [1.165, 1.54) is 27.0 Å². The fourth-order valence-electron chi connectivity index (χ4n) is 1.38. The van der Waals surface area contributed by atoms with E-state index in [-0.39, 0.29) is 11.4 Å². The van der Waals surface area contributed by atoms with Gasteiger partial charge in [0, 0.05) is 6.92 Å². The third-order valence-corrected chi connectivity index (χ3v) is 2.24. The summed E-state index contributed by atoms with van der Waals surface area (Å²) in [5.74, 6) is -1.08. The van der Waals surface area contributed by atoms with Gasteiger partial charge in [0.1, 0.15) is 11.3 Å². The topological polar surface area (TPSA) is 69.7 Å². The van der Waals surface area contributed by atoms with E-state index in [1.54, 1.807) is 24.3 Å². The third-order valence-electron chi connectivity index (χ3n) is 2.24. The molecule has 0 atom stereocenters. The number of ketones is 1. The first kappa shape index (κ1) is 14.6. The van der Waals surface area contributed by atoms with E-state index in [2.05, 4.69) is 4.74 Å². The van der Waals surface area contributed by atoms with Crippen LogP contribution >= 0.6 is 0 Å². The summed E-state index contributed by atoms with van der Waals surface area (Å²) in [6, 6.07) is 6.40. The number of hydrogen-bond acceptors (Lipinski definition) is 5. The Morgan fingerprint density at radius 1 is 1.05 bits per heavy atom. The molecule has 100 valence electrons. The van der Waals surface area contributed by atoms with Gasteiger partial charge in [-0.3, -0.25) is 9.59 Å². The molecule has 0 radical (unpaired) electrons. The maximum atomic E-state index is 11.4. The van der Waals surface area contributed by atoms with Gasteiger partial charge < -0.3 is 9.47 Å². The van der Waals surface area contributed by atoms with Crippen LogP contribution < -0.4 is 4.74 Å². The zero-order valence-corrected chi connectivity index (χ0v) is 10.9.